The second kappa shape index (κ2) is 7.85. The van der Waals surface area contributed by atoms with Crippen molar-refractivity contribution < 1.29 is 0 Å². The predicted octanol–water partition coefficient (Wildman–Crippen LogP) is 3.72. The van der Waals surface area contributed by atoms with Crippen LogP contribution in [0.1, 0.15) is 38.4 Å². The van der Waals surface area contributed by atoms with Crippen LogP contribution in [0.2, 0.25) is 0 Å². The molecule has 0 bridgehead atoms. The summed E-state index contributed by atoms with van der Waals surface area (Å²) in [5.41, 5.74) is 9.10. The lowest BCUT2D eigenvalue weighted by molar-refractivity contribution is 0.588. The molecule has 0 atom stereocenters. The lowest BCUT2D eigenvalue weighted by atomic mass is 10.2. The van der Waals surface area contributed by atoms with Crippen LogP contribution in [0, 0.1) is 0 Å². The number of imidazole rings is 1. The fraction of sp³-hybridized carbons (Fsp3) is 0.444. The van der Waals surface area contributed by atoms with Gasteiger partial charge in [-0.1, -0.05) is 44.4 Å². The third-order valence-electron chi connectivity index (χ3n) is 4.36. The van der Waals surface area contributed by atoms with E-state index in [1.54, 1.807) is 0 Å². The summed E-state index contributed by atoms with van der Waals surface area (Å²) in [6.45, 7) is 4.06. The van der Waals surface area contributed by atoms with Crippen LogP contribution in [-0.4, -0.2) is 21.1 Å². The molecule has 0 amide bonds. The average molecular weight is 344 g/mol. The minimum absolute atomic E-state index is 0.525. The van der Waals surface area contributed by atoms with Gasteiger partial charge >= 0.3 is 0 Å². The summed E-state index contributed by atoms with van der Waals surface area (Å²) >= 11 is 4.06. The number of rotatable bonds is 8. The number of para-hydroxylation sites is 1. The standard InChI is InChI=1S/C18H25N5S/c1-2-3-10-15-22-16-17(23(15)12-7-6-11-20-24)13-8-4-5-9-14(13)21-18(16)19/h4-5,8-9,20,24H,2-3,6-7,10-12H2,1H3,(H2,19,21). The van der Waals surface area contributed by atoms with Crippen molar-refractivity contribution in [1.29, 1.82) is 0 Å². The monoisotopic (exact) mass is 343 g/mol. The number of nitrogens with one attached hydrogen (secondary N) is 1. The topological polar surface area (TPSA) is 68.8 Å². The zero-order chi connectivity index (χ0) is 16.9. The predicted molar refractivity (Wildman–Crippen MR) is 104 cm³/mol. The van der Waals surface area contributed by atoms with E-state index in [0.717, 1.165) is 73.0 Å². The van der Waals surface area contributed by atoms with Gasteiger partial charge in [0, 0.05) is 24.9 Å². The third-order valence-corrected chi connectivity index (χ3v) is 4.59. The van der Waals surface area contributed by atoms with Gasteiger partial charge in [0.2, 0.25) is 0 Å². The molecule has 0 aliphatic carbocycles. The molecule has 3 aromatic rings. The Bertz CT molecular complexity index is 827. The fourth-order valence-corrected chi connectivity index (χ4v) is 3.30. The van der Waals surface area contributed by atoms with Gasteiger partial charge in [-0.05, 0) is 25.3 Å². The second-order valence-electron chi connectivity index (χ2n) is 6.11. The van der Waals surface area contributed by atoms with E-state index < -0.39 is 0 Å². The first-order chi connectivity index (χ1) is 11.8. The van der Waals surface area contributed by atoms with E-state index in [0.29, 0.717) is 5.82 Å². The molecule has 0 unspecified atom stereocenters. The zero-order valence-electron chi connectivity index (χ0n) is 14.1. The highest BCUT2D eigenvalue weighted by Crippen LogP contribution is 2.29. The van der Waals surface area contributed by atoms with Crippen LogP contribution in [0.3, 0.4) is 0 Å². The Kier molecular flexibility index (Phi) is 5.58. The maximum atomic E-state index is 6.20. The molecule has 3 rings (SSSR count). The molecule has 5 nitrogen and oxygen atoms in total. The quantitative estimate of drug-likeness (QED) is 0.431. The zero-order valence-corrected chi connectivity index (χ0v) is 15.0. The number of anilines is 1. The van der Waals surface area contributed by atoms with E-state index in [9.17, 15) is 0 Å². The summed E-state index contributed by atoms with van der Waals surface area (Å²) in [6.07, 6.45) is 5.42. The first kappa shape index (κ1) is 17.0. The molecule has 0 radical (unpaired) electrons. The summed E-state index contributed by atoms with van der Waals surface area (Å²) in [5.74, 6) is 1.65. The van der Waals surface area contributed by atoms with Crippen LogP contribution in [0.5, 0.6) is 0 Å². The fourth-order valence-electron chi connectivity index (χ4n) is 3.15. The molecule has 0 aliphatic rings. The van der Waals surface area contributed by atoms with Gasteiger partial charge in [0.05, 0.1) is 11.0 Å². The van der Waals surface area contributed by atoms with Crippen LogP contribution in [0.15, 0.2) is 24.3 Å². The minimum atomic E-state index is 0.525. The van der Waals surface area contributed by atoms with Crippen LogP contribution in [-0.2, 0) is 13.0 Å². The van der Waals surface area contributed by atoms with Gasteiger partial charge in [0.15, 0.2) is 5.82 Å². The van der Waals surface area contributed by atoms with Crippen molar-refractivity contribution in [3.63, 3.8) is 0 Å². The molecule has 0 spiro atoms. The molecule has 1 aromatic carbocycles. The smallest absolute Gasteiger partial charge is 0.152 e. The minimum Gasteiger partial charge on any atom is -0.382 e. The van der Waals surface area contributed by atoms with Crippen LogP contribution in [0.4, 0.5) is 5.82 Å². The van der Waals surface area contributed by atoms with Crippen molar-refractivity contribution in [3.8, 4) is 0 Å². The molecule has 0 saturated heterocycles. The van der Waals surface area contributed by atoms with Gasteiger partial charge < -0.3 is 10.3 Å². The van der Waals surface area contributed by atoms with E-state index in [2.05, 4.69) is 40.1 Å². The normalized spacial score (nSPS) is 11.6. The number of hydrogen-bond donors (Lipinski definition) is 3. The Morgan fingerprint density at radius 3 is 2.79 bits per heavy atom. The van der Waals surface area contributed by atoms with Crippen LogP contribution < -0.4 is 10.5 Å². The maximum absolute atomic E-state index is 6.20. The molecular weight excluding hydrogens is 318 g/mol. The Labute approximate surface area is 148 Å². The maximum Gasteiger partial charge on any atom is 0.152 e. The van der Waals surface area contributed by atoms with E-state index in [1.165, 1.54) is 0 Å². The number of aryl methyl sites for hydroxylation is 2. The molecule has 128 valence electrons. The highest BCUT2D eigenvalue weighted by Gasteiger charge is 2.16. The molecular formula is C18H25N5S. The van der Waals surface area contributed by atoms with Gasteiger partial charge in [0.25, 0.3) is 0 Å². The summed E-state index contributed by atoms with van der Waals surface area (Å²) in [5, 5.41) is 1.13. The van der Waals surface area contributed by atoms with E-state index in [1.807, 2.05) is 18.2 Å². The number of pyridine rings is 1. The van der Waals surface area contributed by atoms with E-state index in [4.69, 9.17) is 10.7 Å². The summed E-state index contributed by atoms with van der Waals surface area (Å²) < 4.78 is 5.26. The van der Waals surface area contributed by atoms with Crippen molar-refractivity contribution in [2.45, 2.75) is 45.6 Å². The number of unbranched alkanes of at least 4 members (excludes halogenated alkanes) is 2. The molecule has 24 heavy (non-hydrogen) atoms. The van der Waals surface area contributed by atoms with Crippen LogP contribution >= 0.6 is 12.8 Å². The number of nitrogens with zero attached hydrogens (tertiary/aromatic N) is 3. The number of nitrogens with two attached hydrogens (primary N) is 1. The molecule has 0 saturated carbocycles. The van der Waals surface area contributed by atoms with E-state index in [-0.39, 0.29) is 0 Å². The van der Waals surface area contributed by atoms with Crippen molar-refractivity contribution in [2.75, 3.05) is 12.3 Å². The van der Waals surface area contributed by atoms with Gasteiger partial charge in [-0.3, -0.25) is 4.72 Å². The van der Waals surface area contributed by atoms with Gasteiger partial charge in [-0.15, -0.1) is 0 Å². The molecule has 0 aliphatic heterocycles. The van der Waals surface area contributed by atoms with Gasteiger partial charge in [-0.2, -0.15) is 0 Å². The number of hydrogen-bond acceptors (Lipinski definition) is 5. The van der Waals surface area contributed by atoms with Crippen molar-refractivity contribution >= 4 is 40.6 Å². The van der Waals surface area contributed by atoms with Crippen molar-refractivity contribution in [3.05, 3.63) is 30.1 Å². The summed E-state index contributed by atoms with van der Waals surface area (Å²) in [4.78, 5) is 9.37. The SMILES string of the molecule is CCCCc1nc2c(N)nc3ccccc3c2n1CCCCNS. The average Bonchev–Trinajstić information content (AvgIpc) is 2.96. The first-order valence-electron chi connectivity index (χ1n) is 8.66. The number of thiol groups is 1. The Balaban J connectivity index is 2.11. The van der Waals surface area contributed by atoms with E-state index >= 15 is 0 Å². The number of nitrogen functional groups attached to an aromatic ring is 1. The number of fused-ring (bicyclic) bond motifs is 3. The van der Waals surface area contributed by atoms with Crippen molar-refractivity contribution in [1.82, 2.24) is 19.3 Å². The van der Waals surface area contributed by atoms with Gasteiger partial charge in [0.1, 0.15) is 11.3 Å². The Morgan fingerprint density at radius 1 is 1.17 bits per heavy atom. The lowest BCUT2D eigenvalue weighted by Crippen LogP contribution is -2.07. The second-order valence-corrected chi connectivity index (χ2v) is 6.43. The molecule has 0 fully saturated rings. The van der Waals surface area contributed by atoms with Crippen LogP contribution in [0.25, 0.3) is 21.9 Å². The number of benzene rings is 1. The Hall–Kier alpha value is -1.79. The molecule has 2 heterocycles. The van der Waals surface area contributed by atoms with Gasteiger partial charge in [-0.25, -0.2) is 9.97 Å². The highest BCUT2D eigenvalue weighted by atomic mass is 32.1. The lowest BCUT2D eigenvalue weighted by Gasteiger charge is -2.10. The highest BCUT2D eigenvalue weighted by molar-refractivity contribution is 7.78. The first-order valence-corrected chi connectivity index (χ1v) is 9.11. The largest absolute Gasteiger partial charge is 0.382 e. The molecule has 2 aromatic heterocycles. The molecule has 6 heteroatoms. The third kappa shape index (κ3) is 3.35. The Morgan fingerprint density at radius 2 is 2.00 bits per heavy atom. The number of aromatic nitrogens is 3. The van der Waals surface area contributed by atoms with Crippen molar-refractivity contribution in [2.24, 2.45) is 0 Å². The molecule has 3 N–H and O–H groups in total. The summed E-state index contributed by atoms with van der Waals surface area (Å²) in [6, 6.07) is 8.17. The summed E-state index contributed by atoms with van der Waals surface area (Å²) in [7, 11) is 0.